The van der Waals surface area contributed by atoms with E-state index in [1.165, 1.54) is 16.8 Å². The number of fused-ring (bicyclic) bond motifs is 3. The van der Waals surface area contributed by atoms with Crippen LogP contribution in [0, 0.1) is 0 Å². The Bertz CT molecular complexity index is 883. The Morgan fingerprint density at radius 1 is 1.32 bits per heavy atom. The number of nitrogens with two attached hydrogens (primary N) is 2. The fourth-order valence-corrected chi connectivity index (χ4v) is 2.69. The van der Waals surface area contributed by atoms with Crippen LogP contribution >= 0.6 is 0 Å². The van der Waals surface area contributed by atoms with Gasteiger partial charge in [-0.1, -0.05) is 6.07 Å². The highest BCUT2D eigenvalue weighted by Gasteiger charge is 2.31. The molecule has 1 atom stereocenters. The Balaban J connectivity index is 2.48. The molecule has 0 radical (unpaired) electrons. The second-order valence-corrected chi connectivity index (χ2v) is 5.06. The van der Waals surface area contributed by atoms with Crippen molar-refractivity contribution in [3.63, 3.8) is 0 Å². The number of nitrogen functional groups attached to an aromatic ring is 1. The Kier molecular flexibility index (Phi) is 3.05. The van der Waals surface area contributed by atoms with Gasteiger partial charge in [-0.25, -0.2) is 4.98 Å². The molecule has 5 nitrogen and oxygen atoms in total. The maximum atomic E-state index is 12.9. The maximum Gasteiger partial charge on any atom is 0.416 e. The lowest BCUT2D eigenvalue weighted by molar-refractivity contribution is -0.137. The summed E-state index contributed by atoms with van der Waals surface area (Å²) in [6.45, 7) is 0. The SMILES string of the molecule is Cn1c2cc(C(F)(F)F)ccc2c2c(N)ncc(C(N)O)c21. The van der Waals surface area contributed by atoms with Gasteiger partial charge in [-0.15, -0.1) is 0 Å². The van der Waals surface area contributed by atoms with E-state index in [9.17, 15) is 18.3 Å². The normalized spacial score (nSPS) is 13.9. The quantitative estimate of drug-likeness (QED) is 0.601. The highest BCUT2D eigenvalue weighted by molar-refractivity contribution is 6.13. The van der Waals surface area contributed by atoms with Crippen LogP contribution in [0.5, 0.6) is 0 Å². The van der Waals surface area contributed by atoms with Crippen molar-refractivity contribution >= 4 is 27.6 Å². The molecule has 1 aromatic carbocycles. The molecule has 0 bridgehead atoms. The summed E-state index contributed by atoms with van der Waals surface area (Å²) < 4.78 is 40.2. The molecule has 22 heavy (non-hydrogen) atoms. The fourth-order valence-electron chi connectivity index (χ4n) is 2.69. The van der Waals surface area contributed by atoms with Gasteiger partial charge in [0.1, 0.15) is 12.0 Å². The minimum atomic E-state index is -4.44. The van der Waals surface area contributed by atoms with Crippen LogP contribution in [0.3, 0.4) is 0 Å². The van der Waals surface area contributed by atoms with Gasteiger partial charge in [0.25, 0.3) is 0 Å². The van der Waals surface area contributed by atoms with Crippen molar-refractivity contribution in [1.82, 2.24) is 9.55 Å². The number of aromatic nitrogens is 2. The van der Waals surface area contributed by atoms with Crippen molar-refractivity contribution in [2.24, 2.45) is 12.8 Å². The van der Waals surface area contributed by atoms with Gasteiger partial charge in [0.05, 0.1) is 16.5 Å². The molecule has 2 aromatic heterocycles. The summed E-state index contributed by atoms with van der Waals surface area (Å²) in [5.74, 6) is 0.171. The van der Waals surface area contributed by atoms with Gasteiger partial charge in [-0.05, 0) is 12.1 Å². The summed E-state index contributed by atoms with van der Waals surface area (Å²) in [7, 11) is 1.59. The monoisotopic (exact) mass is 310 g/mol. The minimum Gasteiger partial charge on any atom is -0.383 e. The Labute approximate surface area is 122 Å². The number of aryl methyl sites for hydroxylation is 1. The lowest BCUT2D eigenvalue weighted by Gasteiger charge is -2.09. The van der Waals surface area contributed by atoms with Crippen LogP contribution in [-0.4, -0.2) is 14.7 Å². The van der Waals surface area contributed by atoms with Crippen LogP contribution in [0.25, 0.3) is 21.8 Å². The van der Waals surface area contributed by atoms with Crippen LogP contribution in [0.1, 0.15) is 17.4 Å². The van der Waals surface area contributed by atoms with Gasteiger partial charge >= 0.3 is 6.18 Å². The number of aliphatic hydroxyl groups excluding tert-OH is 1. The van der Waals surface area contributed by atoms with E-state index in [2.05, 4.69) is 4.98 Å². The van der Waals surface area contributed by atoms with Gasteiger partial charge in [0.15, 0.2) is 0 Å². The molecule has 3 aromatic rings. The number of hydrogen-bond acceptors (Lipinski definition) is 4. The number of alkyl halides is 3. The van der Waals surface area contributed by atoms with Crippen molar-refractivity contribution in [3.05, 3.63) is 35.5 Å². The van der Waals surface area contributed by atoms with E-state index in [0.29, 0.717) is 27.4 Å². The smallest absolute Gasteiger partial charge is 0.383 e. The zero-order valence-corrected chi connectivity index (χ0v) is 11.5. The lowest BCUT2D eigenvalue weighted by atomic mass is 10.1. The van der Waals surface area contributed by atoms with Crippen LogP contribution in [0.4, 0.5) is 19.0 Å². The third-order valence-corrected chi connectivity index (χ3v) is 3.72. The molecule has 8 heteroatoms. The first-order chi connectivity index (χ1) is 10.2. The standard InChI is InChI=1S/C14H13F3N4O/c1-21-9-4-6(14(15,16)17)2-3-7(9)10-11(21)8(13(19)22)5-20-12(10)18/h2-5,13,22H,19H2,1H3,(H2,18,20). The zero-order chi connectivity index (χ0) is 16.2. The predicted molar refractivity (Wildman–Crippen MR) is 76.8 cm³/mol. The van der Waals surface area contributed by atoms with E-state index in [4.69, 9.17) is 11.5 Å². The number of benzene rings is 1. The Morgan fingerprint density at radius 3 is 2.59 bits per heavy atom. The maximum absolute atomic E-state index is 12.9. The van der Waals surface area contributed by atoms with Gasteiger partial charge in [-0.3, -0.25) is 0 Å². The molecule has 0 saturated carbocycles. The second-order valence-electron chi connectivity index (χ2n) is 5.06. The van der Waals surface area contributed by atoms with Crippen molar-refractivity contribution in [2.45, 2.75) is 12.4 Å². The van der Waals surface area contributed by atoms with Crippen LogP contribution in [0.15, 0.2) is 24.4 Å². The third kappa shape index (κ3) is 1.99. The van der Waals surface area contributed by atoms with E-state index < -0.39 is 18.0 Å². The van der Waals surface area contributed by atoms with E-state index >= 15 is 0 Å². The molecule has 116 valence electrons. The van der Waals surface area contributed by atoms with Crippen LogP contribution < -0.4 is 11.5 Å². The number of rotatable bonds is 1. The summed E-state index contributed by atoms with van der Waals surface area (Å²) in [5, 5.41) is 10.7. The molecule has 0 aliphatic heterocycles. The molecule has 0 fully saturated rings. The van der Waals surface area contributed by atoms with Gasteiger partial charge in [0.2, 0.25) is 0 Å². The van der Waals surface area contributed by atoms with Gasteiger partial charge < -0.3 is 21.1 Å². The van der Waals surface area contributed by atoms with E-state index in [0.717, 1.165) is 12.1 Å². The largest absolute Gasteiger partial charge is 0.416 e. The molecule has 0 amide bonds. The number of halogens is 3. The summed E-state index contributed by atoms with van der Waals surface area (Å²) in [5.41, 5.74) is 11.7. The summed E-state index contributed by atoms with van der Waals surface area (Å²) in [6, 6.07) is 3.39. The first kappa shape index (κ1) is 14.6. The molecule has 0 aliphatic rings. The number of nitrogens with zero attached hydrogens (tertiary/aromatic N) is 2. The fraction of sp³-hybridized carbons (Fsp3) is 0.214. The molecule has 0 spiro atoms. The topological polar surface area (TPSA) is 90.1 Å². The second kappa shape index (κ2) is 4.59. The number of hydrogen-bond donors (Lipinski definition) is 3. The molecule has 0 aliphatic carbocycles. The first-order valence-electron chi connectivity index (χ1n) is 6.39. The predicted octanol–water partition coefficient (Wildman–Crippen LogP) is 2.28. The molecule has 5 N–H and O–H groups in total. The number of anilines is 1. The van der Waals surface area contributed by atoms with Crippen molar-refractivity contribution in [2.75, 3.05) is 5.73 Å². The highest BCUT2D eigenvalue weighted by atomic mass is 19.4. The molecule has 1 unspecified atom stereocenters. The van der Waals surface area contributed by atoms with E-state index in [1.54, 1.807) is 7.05 Å². The van der Waals surface area contributed by atoms with Crippen LogP contribution in [0.2, 0.25) is 0 Å². The molecule has 0 saturated heterocycles. The first-order valence-corrected chi connectivity index (χ1v) is 6.39. The van der Waals surface area contributed by atoms with Gasteiger partial charge in [0, 0.05) is 29.7 Å². The third-order valence-electron chi connectivity index (χ3n) is 3.72. The average Bonchev–Trinajstić information content (AvgIpc) is 2.72. The zero-order valence-electron chi connectivity index (χ0n) is 11.5. The van der Waals surface area contributed by atoms with Crippen molar-refractivity contribution < 1.29 is 18.3 Å². The van der Waals surface area contributed by atoms with Gasteiger partial charge in [-0.2, -0.15) is 13.2 Å². The summed E-state index contributed by atoms with van der Waals surface area (Å²) >= 11 is 0. The van der Waals surface area contributed by atoms with Crippen molar-refractivity contribution in [1.29, 1.82) is 0 Å². The minimum absolute atomic E-state index is 0.171. The number of pyridine rings is 1. The average molecular weight is 310 g/mol. The van der Waals surface area contributed by atoms with Crippen LogP contribution in [-0.2, 0) is 13.2 Å². The van der Waals surface area contributed by atoms with Crippen molar-refractivity contribution in [3.8, 4) is 0 Å². The Morgan fingerprint density at radius 2 is 2.00 bits per heavy atom. The molecular weight excluding hydrogens is 297 g/mol. The number of aliphatic hydroxyl groups is 1. The summed E-state index contributed by atoms with van der Waals surface area (Å²) in [6.07, 6.45) is -4.42. The lowest BCUT2D eigenvalue weighted by Crippen LogP contribution is -2.11. The molecular formula is C14H13F3N4O. The van der Waals surface area contributed by atoms with E-state index in [1.807, 2.05) is 0 Å². The molecule has 3 rings (SSSR count). The summed E-state index contributed by atoms with van der Waals surface area (Å²) in [4.78, 5) is 3.97. The highest BCUT2D eigenvalue weighted by Crippen LogP contribution is 2.38. The Hall–Kier alpha value is -2.32. The van der Waals surface area contributed by atoms with E-state index in [-0.39, 0.29) is 5.82 Å². The molecule has 2 heterocycles.